The highest BCUT2D eigenvalue weighted by molar-refractivity contribution is 7.80. The van der Waals surface area contributed by atoms with Crippen LogP contribution >= 0.6 is 12.2 Å². The van der Waals surface area contributed by atoms with E-state index in [1.807, 2.05) is 4.90 Å². The van der Waals surface area contributed by atoms with Crippen molar-refractivity contribution in [2.45, 2.75) is 33.6 Å². The Morgan fingerprint density at radius 3 is 2.47 bits per heavy atom. The molecular weight excluding hydrogens is 260 g/mol. The van der Waals surface area contributed by atoms with Gasteiger partial charge in [-0.05, 0) is 24.7 Å². The summed E-state index contributed by atoms with van der Waals surface area (Å²) in [6.45, 7) is 8.20. The Kier molecular flexibility index (Phi) is 5.74. The SMILES string of the molecule is COCCN(CC(C)C)C(=O)C1(C(N)=S)CC(C)C1. The van der Waals surface area contributed by atoms with Crippen molar-refractivity contribution in [2.24, 2.45) is 23.0 Å². The van der Waals surface area contributed by atoms with E-state index >= 15 is 0 Å². The summed E-state index contributed by atoms with van der Waals surface area (Å²) in [4.78, 5) is 15.0. The molecule has 5 heteroatoms. The highest BCUT2D eigenvalue weighted by Crippen LogP contribution is 2.47. The molecule has 0 aromatic heterocycles. The molecule has 1 saturated carbocycles. The first-order chi connectivity index (χ1) is 8.83. The fourth-order valence-electron chi connectivity index (χ4n) is 2.83. The smallest absolute Gasteiger partial charge is 0.235 e. The second-order valence-electron chi connectivity index (χ2n) is 6.10. The maximum absolute atomic E-state index is 12.8. The number of thiocarbonyl (C=S) groups is 1. The number of hydrogen-bond donors (Lipinski definition) is 1. The Hall–Kier alpha value is -0.680. The molecule has 0 radical (unpaired) electrons. The fourth-order valence-corrected chi connectivity index (χ4v) is 3.09. The average Bonchev–Trinajstić information content (AvgIpc) is 2.28. The summed E-state index contributed by atoms with van der Waals surface area (Å²) >= 11 is 5.15. The fraction of sp³-hybridized carbons (Fsp3) is 0.857. The minimum atomic E-state index is -0.600. The molecule has 4 nitrogen and oxygen atoms in total. The molecule has 0 aromatic rings. The molecule has 1 aliphatic rings. The van der Waals surface area contributed by atoms with Gasteiger partial charge < -0.3 is 15.4 Å². The molecule has 0 spiro atoms. The lowest BCUT2D eigenvalue weighted by Crippen LogP contribution is -2.58. The van der Waals surface area contributed by atoms with Gasteiger partial charge in [-0.3, -0.25) is 4.79 Å². The summed E-state index contributed by atoms with van der Waals surface area (Å²) in [6, 6.07) is 0. The van der Waals surface area contributed by atoms with Crippen molar-refractivity contribution in [3.63, 3.8) is 0 Å². The van der Waals surface area contributed by atoms with E-state index in [2.05, 4.69) is 20.8 Å². The van der Waals surface area contributed by atoms with Crippen LogP contribution in [0, 0.1) is 17.3 Å². The Balaban J connectivity index is 2.81. The molecule has 0 bridgehead atoms. The van der Waals surface area contributed by atoms with E-state index in [0.717, 1.165) is 19.4 Å². The standard InChI is InChI=1S/C14H26N2O2S/c1-10(2)9-16(5-6-18-4)13(17)14(12(15)19)7-11(3)8-14/h10-11H,5-9H2,1-4H3,(H2,15,19). The second-order valence-corrected chi connectivity index (χ2v) is 6.54. The number of ether oxygens (including phenoxy) is 1. The zero-order chi connectivity index (χ0) is 14.6. The Morgan fingerprint density at radius 2 is 2.11 bits per heavy atom. The van der Waals surface area contributed by atoms with Crippen molar-refractivity contribution in [1.29, 1.82) is 0 Å². The number of carbonyl (C=O) groups excluding carboxylic acids is 1. The zero-order valence-electron chi connectivity index (χ0n) is 12.4. The van der Waals surface area contributed by atoms with Crippen molar-refractivity contribution in [2.75, 3.05) is 26.8 Å². The van der Waals surface area contributed by atoms with Gasteiger partial charge in [-0.2, -0.15) is 0 Å². The first-order valence-corrected chi connectivity index (χ1v) is 7.32. The monoisotopic (exact) mass is 286 g/mol. The minimum Gasteiger partial charge on any atom is -0.392 e. The third-order valence-electron chi connectivity index (χ3n) is 3.71. The Labute approximate surface area is 121 Å². The van der Waals surface area contributed by atoms with Crippen LogP contribution in [0.2, 0.25) is 0 Å². The first kappa shape index (κ1) is 16.4. The topological polar surface area (TPSA) is 55.6 Å². The van der Waals surface area contributed by atoms with Gasteiger partial charge in [0, 0.05) is 20.2 Å². The highest BCUT2D eigenvalue weighted by atomic mass is 32.1. The molecule has 0 unspecified atom stereocenters. The van der Waals surface area contributed by atoms with Crippen LogP contribution in [-0.2, 0) is 9.53 Å². The number of hydrogen-bond acceptors (Lipinski definition) is 3. The number of nitrogens with two attached hydrogens (primary N) is 1. The van der Waals surface area contributed by atoms with Crippen LogP contribution in [0.3, 0.4) is 0 Å². The molecular formula is C14H26N2O2S. The maximum Gasteiger partial charge on any atom is 0.235 e. The normalized spacial score (nSPS) is 26.1. The van der Waals surface area contributed by atoms with E-state index in [0.29, 0.717) is 30.0 Å². The molecule has 0 saturated heterocycles. The summed E-state index contributed by atoms with van der Waals surface area (Å²) in [7, 11) is 1.65. The second kappa shape index (κ2) is 6.66. The van der Waals surface area contributed by atoms with E-state index in [4.69, 9.17) is 22.7 Å². The molecule has 19 heavy (non-hydrogen) atoms. The molecule has 1 fully saturated rings. The molecule has 0 heterocycles. The quantitative estimate of drug-likeness (QED) is 0.725. The first-order valence-electron chi connectivity index (χ1n) is 6.91. The lowest BCUT2D eigenvalue weighted by molar-refractivity contribution is -0.145. The van der Waals surface area contributed by atoms with Gasteiger partial charge in [0.15, 0.2) is 0 Å². The van der Waals surface area contributed by atoms with Crippen LogP contribution in [0.15, 0.2) is 0 Å². The molecule has 1 amide bonds. The third kappa shape index (κ3) is 3.66. The molecule has 110 valence electrons. The minimum absolute atomic E-state index is 0.0869. The van der Waals surface area contributed by atoms with Gasteiger partial charge in [-0.25, -0.2) is 0 Å². The van der Waals surface area contributed by atoms with Crippen molar-refractivity contribution in [3.8, 4) is 0 Å². The van der Waals surface area contributed by atoms with E-state index < -0.39 is 5.41 Å². The lowest BCUT2D eigenvalue weighted by Gasteiger charge is -2.47. The number of carbonyl (C=O) groups is 1. The predicted octanol–water partition coefficient (Wildman–Crippen LogP) is 1.82. The molecule has 0 aromatic carbocycles. The van der Waals surface area contributed by atoms with Crippen LogP contribution in [0.5, 0.6) is 0 Å². The summed E-state index contributed by atoms with van der Waals surface area (Å²) in [6.07, 6.45) is 1.56. The van der Waals surface area contributed by atoms with Crippen LogP contribution in [0.1, 0.15) is 33.6 Å². The van der Waals surface area contributed by atoms with Crippen molar-refractivity contribution < 1.29 is 9.53 Å². The third-order valence-corrected chi connectivity index (χ3v) is 4.10. The largest absolute Gasteiger partial charge is 0.392 e. The number of nitrogens with zero attached hydrogens (tertiary/aromatic N) is 1. The van der Waals surface area contributed by atoms with Gasteiger partial charge in [-0.15, -0.1) is 0 Å². The summed E-state index contributed by atoms with van der Waals surface area (Å²) in [5.74, 6) is 1.03. The van der Waals surface area contributed by atoms with Gasteiger partial charge >= 0.3 is 0 Å². The predicted molar refractivity (Wildman–Crippen MR) is 80.9 cm³/mol. The van der Waals surface area contributed by atoms with Crippen LogP contribution in [-0.4, -0.2) is 42.6 Å². The van der Waals surface area contributed by atoms with Gasteiger partial charge in [0.05, 0.1) is 17.0 Å². The molecule has 1 aliphatic carbocycles. The van der Waals surface area contributed by atoms with Gasteiger partial charge in [-0.1, -0.05) is 33.0 Å². The maximum atomic E-state index is 12.8. The molecule has 1 rings (SSSR count). The van der Waals surface area contributed by atoms with Gasteiger partial charge in [0.1, 0.15) is 0 Å². The highest BCUT2D eigenvalue weighted by Gasteiger charge is 2.52. The van der Waals surface area contributed by atoms with E-state index in [1.54, 1.807) is 7.11 Å². The molecule has 2 N–H and O–H groups in total. The van der Waals surface area contributed by atoms with Crippen molar-refractivity contribution in [1.82, 2.24) is 4.90 Å². The Bertz CT molecular complexity index is 338. The molecule has 0 atom stereocenters. The van der Waals surface area contributed by atoms with Crippen molar-refractivity contribution >= 4 is 23.1 Å². The van der Waals surface area contributed by atoms with Crippen molar-refractivity contribution in [3.05, 3.63) is 0 Å². The number of methoxy groups -OCH3 is 1. The van der Waals surface area contributed by atoms with E-state index in [1.165, 1.54) is 0 Å². The lowest BCUT2D eigenvalue weighted by atomic mass is 9.61. The number of amides is 1. The number of rotatable bonds is 7. The van der Waals surface area contributed by atoms with Gasteiger partial charge in [0.2, 0.25) is 5.91 Å². The van der Waals surface area contributed by atoms with Crippen LogP contribution in [0.4, 0.5) is 0 Å². The average molecular weight is 286 g/mol. The van der Waals surface area contributed by atoms with Crippen LogP contribution in [0.25, 0.3) is 0 Å². The van der Waals surface area contributed by atoms with Crippen LogP contribution < -0.4 is 5.73 Å². The zero-order valence-corrected chi connectivity index (χ0v) is 13.3. The summed E-state index contributed by atoms with van der Waals surface area (Å²) in [5, 5.41) is 0. The summed E-state index contributed by atoms with van der Waals surface area (Å²) < 4.78 is 5.09. The van der Waals surface area contributed by atoms with Gasteiger partial charge in [0.25, 0.3) is 0 Å². The molecule has 0 aliphatic heterocycles. The van der Waals surface area contributed by atoms with E-state index in [9.17, 15) is 4.79 Å². The summed E-state index contributed by atoms with van der Waals surface area (Å²) in [5.41, 5.74) is 5.25. The Morgan fingerprint density at radius 1 is 1.53 bits per heavy atom. The van der Waals surface area contributed by atoms with E-state index in [-0.39, 0.29) is 5.91 Å².